The number of aliphatic carboxylic acids is 1. The third kappa shape index (κ3) is 4.88. The number of rotatable bonds is 6. The predicted octanol–water partition coefficient (Wildman–Crippen LogP) is 5.52. The number of anilines is 1. The van der Waals surface area contributed by atoms with Crippen LogP contribution in [0.5, 0.6) is 5.75 Å². The molecule has 2 aromatic heterocycles. The van der Waals surface area contributed by atoms with Crippen LogP contribution >= 0.6 is 22.7 Å². The molecule has 170 valence electrons. The summed E-state index contributed by atoms with van der Waals surface area (Å²) < 4.78 is 45.3. The first kappa shape index (κ1) is 22.5. The molecule has 0 radical (unpaired) electrons. The van der Waals surface area contributed by atoms with E-state index in [-0.39, 0.29) is 11.9 Å². The molecule has 3 aromatic rings. The van der Waals surface area contributed by atoms with E-state index in [0.717, 1.165) is 21.1 Å². The van der Waals surface area contributed by atoms with Crippen molar-refractivity contribution in [2.24, 2.45) is 0 Å². The summed E-state index contributed by atoms with van der Waals surface area (Å²) in [4.78, 5) is 23.0. The molecule has 1 saturated heterocycles. The summed E-state index contributed by atoms with van der Waals surface area (Å²) in [5, 5.41) is 12.4. The highest BCUT2D eigenvalue weighted by Gasteiger charge is 2.35. The van der Waals surface area contributed by atoms with Crippen LogP contribution in [0.4, 0.5) is 18.3 Å². The predicted molar refractivity (Wildman–Crippen MR) is 117 cm³/mol. The summed E-state index contributed by atoms with van der Waals surface area (Å²) in [6.45, 7) is 2.83. The lowest BCUT2D eigenvalue weighted by atomic mass is 10.1. The van der Waals surface area contributed by atoms with Crippen molar-refractivity contribution in [1.29, 1.82) is 0 Å². The molecule has 3 heterocycles. The Kier molecular flexibility index (Phi) is 6.38. The molecule has 1 aliphatic rings. The molecule has 1 N–H and O–H groups in total. The van der Waals surface area contributed by atoms with Gasteiger partial charge in [-0.3, -0.25) is 4.79 Å². The van der Waals surface area contributed by atoms with Gasteiger partial charge in [-0.05, 0) is 19.1 Å². The molecule has 1 aliphatic heterocycles. The quantitative estimate of drug-likeness (QED) is 0.498. The highest BCUT2D eigenvalue weighted by Crippen LogP contribution is 2.38. The fraction of sp³-hybridized carbons (Fsp3) is 0.381. The fourth-order valence-electron chi connectivity index (χ4n) is 3.38. The van der Waals surface area contributed by atoms with Crippen LogP contribution in [0.2, 0.25) is 0 Å². The Balaban J connectivity index is 1.38. The Morgan fingerprint density at radius 2 is 2.00 bits per heavy atom. The van der Waals surface area contributed by atoms with Gasteiger partial charge in [0.15, 0.2) is 5.13 Å². The second kappa shape index (κ2) is 9.07. The monoisotopic (exact) mass is 483 g/mol. The molecule has 0 saturated carbocycles. The lowest BCUT2D eigenvalue weighted by Crippen LogP contribution is -2.38. The minimum atomic E-state index is -4.45. The molecule has 1 unspecified atom stereocenters. The first-order valence-electron chi connectivity index (χ1n) is 9.94. The van der Waals surface area contributed by atoms with Crippen LogP contribution in [0.15, 0.2) is 35.8 Å². The van der Waals surface area contributed by atoms with E-state index in [4.69, 9.17) is 9.84 Å². The highest BCUT2D eigenvalue weighted by atomic mass is 32.1. The number of hydrogen-bond acceptors (Lipinski definition) is 7. The number of hydrogen-bond donors (Lipinski definition) is 1. The number of alkyl halides is 3. The molecule has 0 aliphatic carbocycles. The number of nitrogens with zero attached hydrogens (tertiary/aromatic N) is 3. The van der Waals surface area contributed by atoms with Crippen molar-refractivity contribution in [2.45, 2.75) is 38.0 Å². The van der Waals surface area contributed by atoms with E-state index in [1.165, 1.54) is 40.9 Å². The summed E-state index contributed by atoms with van der Waals surface area (Å²) >= 11 is 2.84. The molecule has 11 heteroatoms. The van der Waals surface area contributed by atoms with Gasteiger partial charge in [0.25, 0.3) is 0 Å². The lowest BCUT2D eigenvalue weighted by molar-refractivity contribution is -0.139. The molecule has 1 atom stereocenters. The van der Waals surface area contributed by atoms with Crippen LogP contribution in [0, 0.1) is 0 Å². The van der Waals surface area contributed by atoms with Crippen molar-refractivity contribution in [3.05, 3.63) is 47.1 Å². The summed E-state index contributed by atoms with van der Waals surface area (Å²) in [6.07, 6.45) is -1.87. The van der Waals surface area contributed by atoms with E-state index < -0.39 is 23.6 Å². The van der Waals surface area contributed by atoms with Gasteiger partial charge in [0, 0.05) is 31.3 Å². The Hall–Kier alpha value is -2.66. The van der Waals surface area contributed by atoms with Gasteiger partial charge in [0.2, 0.25) is 0 Å². The first-order valence-corrected chi connectivity index (χ1v) is 11.6. The number of carboxylic acid groups (broad SMARTS) is 1. The summed E-state index contributed by atoms with van der Waals surface area (Å²) in [5.41, 5.74) is -0.239. The van der Waals surface area contributed by atoms with E-state index in [9.17, 15) is 18.0 Å². The standard InChI is InChI=1S/C21H20F3N3O3S2/c1-12(19(28)29)15-11-31-18(26-15)17-10-25-20(32-17)27-8-6-13(7-9-27)30-16-5-3-2-4-14(16)21(22,23)24/h2-5,10-13H,6-9H2,1H3,(H,28,29). The normalized spacial score (nSPS) is 16.2. The molecule has 1 aromatic carbocycles. The van der Waals surface area contributed by atoms with Crippen LogP contribution in [-0.2, 0) is 11.0 Å². The van der Waals surface area contributed by atoms with Crippen molar-refractivity contribution in [3.8, 4) is 15.6 Å². The van der Waals surface area contributed by atoms with E-state index in [1.54, 1.807) is 18.5 Å². The number of benzene rings is 1. The SMILES string of the molecule is CC(C(=O)O)c1csc(-c2cnc(N3CCC(Oc4ccccc4C(F)(F)F)CC3)s2)n1. The lowest BCUT2D eigenvalue weighted by Gasteiger charge is -2.32. The minimum Gasteiger partial charge on any atom is -0.490 e. The maximum Gasteiger partial charge on any atom is 0.419 e. The number of carboxylic acids is 1. The fourth-order valence-corrected chi connectivity index (χ4v) is 5.32. The number of piperidine rings is 1. The zero-order valence-corrected chi connectivity index (χ0v) is 18.6. The van der Waals surface area contributed by atoms with Crippen molar-refractivity contribution in [1.82, 2.24) is 9.97 Å². The van der Waals surface area contributed by atoms with Crippen molar-refractivity contribution < 1.29 is 27.8 Å². The number of halogens is 3. The number of aromatic nitrogens is 2. The van der Waals surface area contributed by atoms with Gasteiger partial charge in [-0.1, -0.05) is 23.5 Å². The highest BCUT2D eigenvalue weighted by molar-refractivity contribution is 7.23. The Morgan fingerprint density at radius 3 is 2.69 bits per heavy atom. The van der Waals surface area contributed by atoms with E-state index in [0.29, 0.717) is 31.6 Å². The smallest absolute Gasteiger partial charge is 0.419 e. The Labute approximate surface area is 190 Å². The molecular formula is C21H20F3N3O3S2. The number of ether oxygens (including phenoxy) is 1. The van der Waals surface area contributed by atoms with Gasteiger partial charge in [0.1, 0.15) is 16.9 Å². The van der Waals surface area contributed by atoms with Crippen LogP contribution in [0.3, 0.4) is 0 Å². The van der Waals surface area contributed by atoms with Crippen LogP contribution in [0.25, 0.3) is 9.88 Å². The largest absolute Gasteiger partial charge is 0.490 e. The minimum absolute atomic E-state index is 0.134. The van der Waals surface area contributed by atoms with Crippen LogP contribution < -0.4 is 9.64 Å². The zero-order chi connectivity index (χ0) is 22.9. The first-order chi connectivity index (χ1) is 15.2. The Morgan fingerprint density at radius 1 is 1.28 bits per heavy atom. The third-order valence-electron chi connectivity index (χ3n) is 5.24. The summed E-state index contributed by atoms with van der Waals surface area (Å²) in [5.74, 6) is -1.73. The number of carbonyl (C=O) groups is 1. The summed E-state index contributed by atoms with van der Waals surface area (Å²) in [6, 6.07) is 5.28. The number of thiazole rings is 2. The molecule has 6 nitrogen and oxygen atoms in total. The van der Waals surface area contributed by atoms with Crippen molar-refractivity contribution in [3.63, 3.8) is 0 Å². The number of para-hydroxylation sites is 1. The molecular weight excluding hydrogens is 463 g/mol. The van der Waals surface area contributed by atoms with Gasteiger partial charge in [0.05, 0.1) is 28.2 Å². The molecule has 0 spiro atoms. The topological polar surface area (TPSA) is 75.5 Å². The molecule has 4 rings (SSSR count). The van der Waals surface area contributed by atoms with Crippen molar-refractivity contribution >= 4 is 33.8 Å². The van der Waals surface area contributed by atoms with Crippen molar-refractivity contribution in [2.75, 3.05) is 18.0 Å². The third-order valence-corrected chi connectivity index (χ3v) is 7.33. The Bertz CT molecular complexity index is 1090. The van der Waals surface area contributed by atoms with Gasteiger partial charge < -0.3 is 14.7 Å². The van der Waals surface area contributed by atoms with Gasteiger partial charge in [-0.2, -0.15) is 13.2 Å². The van der Waals surface area contributed by atoms with E-state index in [2.05, 4.69) is 14.9 Å². The molecule has 0 amide bonds. The summed E-state index contributed by atoms with van der Waals surface area (Å²) in [7, 11) is 0. The molecule has 32 heavy (non-hydrogen) atoms. The molecule has 1 fully saturated rings. The van der Waals surface area contributed by atoms with E-state index >= 15 is 0 Å². The van der Waals surface area contributed by atoms with Crippen LogP contribution in [0.1, 0.15) is 36.9 Å². The second-order valence-corrected chi connectivity index (χ2v) is 9.31. The second-order valence-electron chi connectivity index (χ2n) is 7.44. The van der Waals surface area contributed by atoms with Gasteiger partial charge in [-0.15, -0.1) is 11.3 Å². The maximum absolute atomic E-state index is 13.2. The van der Waals surface area contributed by atoms with Gasteiger partial charge >= 0.3 is 12.1 Å². The van der Waals surface area contributed by atoms with Gasteiger partial charge in [-0.25, -0.2) is 9.97 Å². The van der Waals surface area contributed by atoms with Crippen LogP contribution in [-0.4, -0.2) is 40.2 Å². The zero-order valence-electron chi connectivity index (χ0n) is 17.0. The average molecular weight is 484 g/mol. The maximum atomic E-state index is 13.2. The average Bonchev–Trinajstić information content (AvgIpc) is 3.43. The molecule has 0 bridgehead atoms. The van der Waals surface area contributed by atoms with E-state index in [1.807, 2.05) is 0 Å².